The number of ether oxygens (including phenoxy) is 1. The highest BCUT2D eigenvalue weighted by Crippen LogP contribution is 2.14. The summed E-state index contributed by atoms with van der Waals surface area (Å²) >= 11 is 3.32. The highest BCUT2D eigenvalue weighted by molar-refractivity contribution is 9.10. The molecule has 0 saturated heterocycles. The van der Waals surface area contributed by atoms with E-state index in [1.807, 2.05) is 12.1 Å². The predicted molar refractivity (Wildman–Crippen MR) is 75.2 cm³/mol. The van der Waals surface area contributed by atoms with E-state index in [1.165, 1.54) is 6.92 Å². The summed E-state index contributed by atoms with van der Waals surface area (Å²) < 4.78 is 5.76. The molecule has 1 aromatic rings. The number of nitrogens with one attached hydrogen (secondary N) is 2. The Labute approximate surface area is 114 Å². The highest BCUT2D eigenvalue weighted by Gasteiger charge is 2.14. The van der Waals surface area contributed by atoms with Crippen LogP contribution in [0.25, 0.3) is 0 Å². The number of hydrazone groups is 1. The van der Waals surface area contributed by atoms with Crippen molar-refractivity contribution in [2.75, 3.05) is 12.0 Å². The number of anilines is 1. The van der Waals surface area contributed by atoms with Crippen molar-refractivity contribution >= 4 is 39.0 Å². The second kappa shape index (κ2) is 6.90. The van der Waals surface area contributed by atoms with Gasteiger partial charge in [-0.05, 0) is 38.1 Å². The lowest BCUT2D eigenvalue weighted by atomic mass is 10.2. The van der Waals surface area contributed by atoms with Gasteiger partial charge in [-0.2, -0.15) is 5.10 Å². The molecule has 18 heavy (non-hydrogen) atoms. The standard InChI is InChI=1S/C12H14BrN3O2/c1-3-18-12(17)11(8(2)14)16-15-10-6-4-9(13)5-7-10/h4-7,14-15H,3H2,1-2H3/b14-8?,16-11-. The first-order chi connectivity index (χ1) is 8.54. The molecule has 0 amide bonds. The third-order valence-electron chi connectivity index (χ3n) is 1.97. The molecular formula is C12H14BrN3O2. The second-order valence-electron chi connectivity index (χ2n) is 3.42. The fourth-order valence-corrected chi connectivity index (χ4v) is 1.39. The van der Waals surface area contributed by atoms with Gasteiger partial charge in [0.05, 0.1) is 18.0 Å². The largest absolute Gasteiger partial charge is 0.461 e. The summed E-state index contributed by atoms with van der Waals surface area (Å²) in [5.41, 5.74) is 3.47. The van der Waals surface area contributed by atoms with Crippen LogP contribution in [0.2, 0.25) is 0 Å². The van der Waals surface area contributed by atoms with Crippen LogP contribution in [0, 0.1) is 5.41 Å². The first-order valence-corrected chi connectivity index (χ1v) is 6.15. The van der Waals surface area contributed by atoms with Crippen molar-refractivity contribution in [1.29, 1.82) is 5.41 Å². The molecule has 96 valence electrons. The van der Waals surface area contributed by atoms with Crippen LogP contribution in [-0.4, -0.2) is 24.0 Å². The van der Waals surface area contributed by atoms with E-state index in [0.717, 1.165) is 10.2 Å². The van der Waals surface area contributed by atoms with Crippen molar-refractivity contribution in [3.05, 3.63) is 28.7 Å². The molecule has 0 saturated carbocycles. The van der Waals surface area contributed by atoms with E-state index < -0.39 is 5.97 Å². The first kappa shape index (κ1) is 14.4. The molecule has 5 nitrogen and oxygen atoms in total. The van der Waals surface area contributed by atoms with Crippen LogP contribution in [0.15, 0.2) is 33.8 Å². The minimum atomic E-state index is -0.602. The van der Waals surface area contributed by atoms with Gasteiger partial charge in [0.25, 0.3) is 0 Å². The van der Waals surface area contributed by atoms with Crippen LogP contribution >= 0.6 is 15.9 Å². The Kier molecular flexibility index (Phi) is 5.51. The van der Waals surface area contributed by atoms with Crippen molar-refractivity contribution in [3.8, 4) is 0 Å². The van der Waals surface area contributed by atoms with E-state index in [9.17, 15) is 4.79 Å². The molecule has 0 aliphatic carbocycles. The Balaban J connectivity index is 2.80. The Morgan fingerprint density at radius 3 is 2.56 bits per heavy atom. The summed E-state index contributed by atoms with van der Waals surface area (Å²) in [7, 11) is 0. The minimum absolute atomic E-state index is 0.0280. The zero-order valence-electron chi connectivity index (χ0n) is 10.2. The molecule has 0 atom stereocenters. The number of benzene rings is 1. The van der Waals surface area contributed by atoms with Gasteiger partial charge < -0.3 is 10.1 Å². The molecule has 1 rings (SSSR count). The summed E-state index contributed by atoms with van der Waals surface area (Å²) in [6.45, 7) is 3.44. The molecular weight excluding hydrogens is 298 g/mol. The van der Waals surface area contributed by atoms with Gasteiger partial charge in [0.1, 0.15) is 0 Å². The number of carbonyl (C=O) groups is 1. The minimum Gasteiger partial charge on any atom is -0.461 e. The number of halogens is 1. The lowest BCUT2D eigenvalue weighted by Crippen LogP contribution is -2.25. The van der Waals surface area contributed by atoms with E-state index in [0.29, 0.717) is 0 Å². The third kappa shape index (κ3) is 4.29. The van der Waals surface area contributed by atoms with Crippen LogP contribution < -0.4 is 5.43 Å². The normalized spacial score (nSPS) is 10.9. The quantitative estimate of drug-likeness (QED) is 0.499. The van der Waals surface area contributed by atoms with Crippen LogP contribution in [0.4, 0.5) is 5.69 Å². The number of rotatable bonds is 5. The molecule has 0 aliphatic rings. The maximum absolute atomic E-state index is 11.5. The van der Waals surface area contributed by atoms with E-state index in [-0.39, 0.29) is 18.0 Å². The molecule has 0 spiro atoms. The Hall–Kier alpha value is -1.69. The number of nitrogens with zero attached hydrogens (tertiary/aromatic N) is 1. The van der Waals surface area contributed by atoms with Crippen molar-refractivity contribution in [3.63, 3.8) is 0 Å². The van der Waals surface area contributed by atoms with Gasteiger partial charge in [0.15, 0.2) is 5.71 Å². The van der Waals surface area contributed by atoms with Crippen molar-refractivity contribution in [1.82, 2.24) is 0 Å². The maximum Gasteiger partial charge on any atom is 0.360 e. The average Bonchev–Trinajstić information content (AvgIpc) is 2.31. The van der Waals surface area contributed by atoms with Gasteiger partial charge in [-0.3, -0.25) is 5.43 Å². The zero-order valence-corrected chi connectivity index (χ0v) is 11.7. The highest BCUT2D eigenvalue weighted by atomic mass is 79.9. The summed E-state index contributed by atoms with van der Waals surface area (Å²) in [5.74, 6) is -0.602. The molecule has 0 radical (unpaired) electrons. The smallest absolute Gasteiger partial charge is 0.360 e. The molecule has 0 aliphatic heterocycles. The molecule has 0 bridgehead atoms. The molecule has 0 fully saturated rings. The van der Waals surface area contributed by atoms with Crippen molar-refractivity contribution in [2.45, 2.75) is 13.8 Å². The van der Waals surface area contributed by atoms with Crippen molar-refractivity contribution in [2.24, 2.45) is 5.10 Å². The van der Waals surface area contributed by atoms with Gasteiger partial charge in [-0.15, -0.1) is 0 Å². The van der Waals surface area contributed by atoms with E-state index in [4.69, 9.17) is 10.1 Å². The Bertz CT molecular complexity index is 469. The van der Waals surface area contributed by atoms with E-state index in [2.05, 4.69) is 26.5 Å². The summed E-state index contributed by atoms with van der Waals surface area (Å²) in [5, 5.41) is 11.4. The third-order valence-corrected chi connectivity index (χ3v) is 2.49. The van der Waals surface area contributed by atoms with E-state index >= 15 is 0 Å². The van der Waals surface area contributed by atoms with Crippen LogP contribution in [-0.2, 0) is 9.53 Å². The number of carbonyl (C=O) groups excluding carboxylic acids is 1. The molecule has 1 aromatic carbocycles. The monoisotopic (exact) mass is 311 g/mol. The molecule has 6 heteroatoms. The molecule has 2 N–H and O–H groups in total. The predicted octanol–water partition coefficient (Wildman–Crippen LogP) is 2.82. The average molecular weight is 312 g/mol. The Morgan fingerprint density at radius 1 is 1.44 bits per heavy atom. The molecule has 0 heterocycles. The van der Waals surface area contributed by atoms with Crippen molar-refractivity contribution < 1.29 is 9.53 Å². The van der Waals surface area contributed by atoms with E-state index in [1.54, 1.807) is 19.1 Å². The van der Waals surface area contributed by atoms with Gasteiger partial charge in [0, 0.05) is 4.47 Å². The number of hydrogen-bond donors (Lipinski definition) is 2. The van der Waals surface area contributed by atoms with Gasteiger partial charge >= 0.3 is 5.97 Å². The molecule has 0 unspecified atom stereocenters. The maximum atomic E-state index is 11.5. The topological polar surface area (TPSA) is 74.5 Å². The second-order valence-corrected chi connectivity index (χ2v) is 4.34. The lowest BCUT2D eigenvalue weighted by molar-refractivity contribution is -0.134. The zero-order chi connectivity index (χ0) is 13.5. The fraction of sp³-hybridized carbons (Fsp3) is 0.250. The SMILES string of the molecule is CCOC(=O)/C(=N\Nc1ccc(Br)cc1)C(C)=N. The molecule has 0 aromatic heterocycles. The van der Waals surface area contributed by atoms with Crippen LogP contribution in [0.1, 0.15) is 13.8 Å². The van der Waals surface area contributed by atoms with Gasteiger partial charge in [0.2, 0.25) is 0 Å². The lowest BCUT2D eigenvalue weighted by Gasteiger charge is -2.05. The number of esters is 1. The van der Waals surface area contributed by atoms with Crippen LogP contribution in [0.3, 0.4) is 0 Å². The summed E-state index contributed by atoms with van der Waals surface area (Å²) in [6, 6.07) is 7.30. The van der Waals surface area contributed by atoms with Gasteiger partial charge in [-0.25, -0.2) is 4.79 Å². The summed E-state index contributed by atoms with van der Waals surface area (Å²) in [6.07, 6.45) is 0. The van der Waals surface area contributed by atoms with Gasteiger partial charge in [-0.1, -0.05) is 15.9 Å². The Morgan fingerprint density at radius 2 is 2.06 bits per heavy atom. The summed E-state index contributed by atoms with van der Waals surface area (Å²) in [4.78, 5) is 11.5. The fourth-order valence-electron chi connectivity index (χ4n) is 1.13. The first-order valence-electron chi connectivity index (χ1n) is 5.36. The van der Waals surface area contributed by atoms with Crippen LogP contribution in [0.5, 0.6) is 0 Å². The number of hydrogen-bond acceptors (Lipinski definition) is 5.